The molecule has 0 unspecified atom stereocenters. The molecule has 0 aliphatic carbocycles. The van der Waals surface area contributed by atoms with Gasteiger partial charge in [0, 0.05) is 17.4 Å². The quantitative estimate of drug-likeness (QED) is 0.708. The lowest BCUT2D eigenvalue weighted by Crippen LogP contribution is -2.09. The Morgan fingerprint density at radius 2 is 1.92 bits per heavy atom. The highest BCUT2D eigenvalue weighted by molar-refractivity contribution is 7.16. The van der Waals surface area contributed by atoms with Crippen LogP contribution in [-0.2, 0) is 24.2 Å². The lowest BCUT2D eigenvalue weighted by molar-refractivity contribution is -0.117. The zero-order valence-electron chi connectivity index (χ0n) is 13.3. The van der Waals surface area contributed by atoms with E-state index in [4.69, 9.17) is 0 Å². The summed E-state index contributed by atoms with van der Waals surface area (Å²) < 4.78 is 27.3. The molecule has 0 aliphatic heterocycles. The van der Waals surface area contributed by atoms with E-state index >= 15 is 0 Å². The van der Waals surface area contributed by atoms with Crippen LogP contribution in [-0.4, -0.2) is 20.9 Å². The first kappa shape index (κ1) is 17.8. The van der Waals surface area contributed by atoms with Crippen molar-refractivity contribution >= 4 is 28.5 Å². The molecule has 130 valence electrons. The largest absolute Gasteiger partial charge is 0.390 e. The number of nitrogens with zero attached hydrogens (tertiary/aromatic N) is 2. The van der Waals surface area contributed by atoms with Crippen molar-refractivity contribution in [1.29, 1.82) is 0 Å². The van der Waals surface area contributed by atoms with Gasteiger partial charge in [-0.3, -0.25) is 4.79 Å². The Kier molecular flexibility index (Phi) is 5.31. The number of hydrogen-bond donors (Lipinski definition) is 1. The average Bonchev–Trinajstić information content (AvgIpc) is 3.17. The topological polar surface area (TPSA) is 63.1 Å². The van der Waals surface area contributed by atoms with Crippen molar-refractivity contribution in [1.82, 2.24) is 9.97 Å². The van der Waals surface area contributed by atoms with Gasteiger partial charge in [0.25, 0.3) is 0 Å². The number of aliphatic hydroxyl groups is 1. The summed E-state index contributed by atoms with van der Waals surface area (Å²) in [6.45, 7) is 1.66. The molecule has 1 N–H and O–H groups in total. The van der Waals surface area contributed by atoms with Crippen LogP contribution in [0.5, 0.6) is 0 Å². The molecule has 0 atom stereocenters. The van der Waals surface area contributed by atoms with E-state index in [1.165, 1.54) is 28.7 Å². The van der Waals surface area contributed by atoms with Gasteiger partial charge in [0.15, 0.2) is 0 Å². The van der Waals surface area contributed by atoms with Crippen LogP contribution < -0.4 is 0 Å². The molecule has 0 saturated heterocycles. The molecule has 2 heterocycles. The van der Waals surface area contributed by atoms with Crippen molar-refractivity contribution in [2.24, 2.45) is 0 Å². The maximum absolute atomic E-state index is 13.6. The summed E-state index contributed by atoms with van der Waals surface area (Å²) in [5, 5.41) is 12.5. The fourth-order valence-corrected chi connectivity index (χ4v) is 4.18. The second-order valence-electron chi connectivity index (χ2n) is 5.39. The Morgan fingerprint density at radius 1 is 1.20 bits per heavy atom. The Labute approximate surface area is 150 Å². The minimum absolute atomic E-state index is 0.00465. The summed E-state index contributed by atoms with van der Waals surface area (Å²) in [6.07, 6.45) is -0.306. The molecule has 0 saturated carbocycles. The van der Waals surface area contributed by atoms with Crippen LogP contribution in [0.15, 0.2) is 23.6 Å². The average molecular weight is 380 g/mol. The highest BCUT2D eigenvalue weighted by Gasteiger charge is 2.17. The third-order valence-corrected chi connectivity index (χ3v) is 5.41. The van der Waals surface area contributed by atoms with Crippen LogP contribution >= 0.6 is 22.7 Å². The summed E-state index contributed by atoms with van der Waals surface area (Å²) in [7, 11) is 0. The smallest absolute Gasteiger partial charge is 0.144 e. The van der Waals surface area contributed by atoms with Gasteiger partial charge in [-0.25, -0.2) is 18.7 Å². The number of hydrogen-bond acceptors (Lipinski definition) is 6. The third kappa shape index (κ3) is 3.97. The number of halogens is 2. The van der Waals surface area contributed by atoms with Crippen LogP contribution in [0, 0.1) is 18.6 Å². The number of Topliss-reactive ketones (excluding diaryl/α,β-unsaturated/α-hetero) is 1. The van der Waals surface area contributed by atoms with E-state index in [2.05, 4.69) is 9.97 Å². The monoisotopic (exact) mass is 380 g/mol. The third-order valence-electron chi connectivity index (χ3n) is 3.52. The SMILES string of the molecule is Cc1nc(CO)c(-c2csc(CC(=O)Cc3c(F)cccc3F)n2)s1. The van der Waals surface area contributed by atoms with Crippen molar-refractivity contribution in [2.75, 3.05) is 0 Å². The Balaban J connectivity index is 1.74. The van der Waals surface area contributed by atoms with Crippen molar-refractivity contribution in [3.05, 3.63) is 56.5 Å². The highest BCUT2D eigenvalue weighted by Crippen LogP contribution is 2.31. The van der Waals surface area contributed by atoms with Gasteiger partial charge >= 0.3 is 0 Å². The number of ketones is 1. The number of thiazole rings is 2. The van der Waals surface area contributed by atoms with Gasteiger partial charge in [-0.1, -0.05) is 6.07 Å². The standard InChI is InChI=1S/C17H14F2N2O2S2/c1-9-20-14(7-22)17(25-9)15-8-24-16(21-15)6-10(23)5-11-12(18)3-2-4-13(11)19/h2-4,8,22H,5-7H2,1H3. The first-order valence-corrected chi connectivity index (χ1v) is 9.14. The number of aromatic nitrogens is 2. The number of aryl methyl sites for hydroxylation is 1. The van der Waals surface area contributed by atoms with Crippen molar-refractivity contribution < 1.29 is 18.7 Å². The van der Waals surface area contributed by atoms with Crippen LogP contribution in [0.4, 0.5) is 8.78 Å². The molecule has 4 nitrogen and oxygen atoms in total. The molecule has 25 heavy (non-hydrogen) atoms. The number of benzene rings is 1. The van der Waals surface area contributed by atoms with E-state index in [9.17, 15) is 18.7 Å². The van der Waals surface area contributed by atoms with E-state index in [1.807, 2.05) is 6.92 Å². The summed E-state index contributed by atoms with van der Waals surface area (Å²) in [5.41, 5.74) is 0.989. The molecule has 3 aromatic rings. The molecule has 2 aromatic heterocycles. The fourth-order valence-electron chi connectivity index (χ4n) is 2.40. The zero-order chi connectivity index (χ0) is 18.0. The fraction of sp³-hybridized carbons (Fsp3) is 0.235. The van der Waals surface area contributed by atoms with E-state index in [-0.39, 0.29) is 30.8 Å². The van der Waals surface area contributed by atoms with Gasteiger partial charge in [0.1, 0.15) is 22.4 Å². The number of rotatable bonds is 6. The van der Waals surface area contributed by atoms with Gasteiger partial charge in [-0.15, -0.1) is 22.7 Å². The Bertz CT molecular complexity index is 901. The molecular weight excluding hydrogens is 366 g/mol. The Morgan fingerprint density at radius 3 is 2.60 bits per heavy atom. The van der Waals surface area contributed by atoms with Crippen molar-refractivity contribution in [3.8, 4) is 10.6 Å². The van der Waals surface area contributed by atoms with Gasteiger partial charge in [-0.05, 0) is 19.1 Å². The van der Waals surface area contributed by atoms with Gasteiger partial charge in [-0.2, -0.15) is 0 Å². The van der Waals surface area contributed by atoms with Gasteiger partial charge in [0.05, 0.1) is 34.3 Å². The summed E-state index contributed by atoms with van der Waals surface area (Å²) in [4.78, 5) is 21.5. The summed E-state index contributed by atoms with van der Waals surface area (Å²) in [6, 6.07) is 3.53. The van der Waals surface area contributed by atoms with Crippen molar-refractivity contribution in [2.45, 2.75) is 26.4 Å². The molecule has 0 amide bonds. The molecular formula is C17H14F2N2O2S2. The highest BCUT2D eigenvalue weighted by atomic mass is 32.1. The molecule has 3 rings (SSSR count). The number of carbonyl (C=O) groups excluding carboxylic acids is 1. The first-order valence-electron chi connectivity index (χ1n) is 7.44. The minimum atomic E-state index is -0.721. The van der Waals surface area contributed by atoms with E-state index in [1.54, 1.807) is 5.38 Å². The maximum Gasteiger partial charge on any atom is 0.144 e. The van der Waals surface area contributed by atoms with Gasteiger partial charge in [0.2, 0.25) is 0 Å². The molecule has 1 aromatic carbocycles. The molecule has 8 heteroatoms. The predicted octanol–water partition coefficient (Wildman–Crippen LogP) is 3.70. The normalized spacial score (nSPS) is 11.0. The van der Waals surface area contributed by atoms with E-state index < -0.39 is 11.6 Å². The lowest BCUT2D eigenvalue weighted by atomic mass is 10.1. The first-order chi connectivity index (χ1) is 12.0. The second kappa shape index (κ2) is 7.47. The van der Waals surface area contributed by atoms with Crippen LogP contribution in [0.3, 0.4) is 0 Å². The molecule has 0 spiro atoms. The number of aliphatic hydroxyl groups excluding tert-OH is 1. The van der Waals surface area contributed by atoms with Crippen molar-refractivity contribution in [3.63, 3.8) is 0 Å². The van der Waals surface area contributed by atoms with E-state index in [0.29, 0.717) is 16.4 Å². The Hall–Kier alpha value is -2.03. The maximum atomic E-state index is 13.6. The minimum Gasteiger partial charge on any atom is -0.390 e. The molecule has 0 radical (unpaired) electrons. The molecule has 0 fully saturated rings. The summed E-state index contributed by atoms with van der Waals surface area (Å²) >= 11 is 2.72. The predicted molar refractivity (Wildman–Crippen MR) is 92.7 cm³/mol. The van der Waals surface area contributed by atoms with Crippen LogP contribution in [0.1, 0.15) is 21.3 Å². The van der Waals surface area contributed by atoms with Gasteiger partial charge < -0.3 is 5.11 Å². The van der Waals surface area contributed by atoms with Crippen LogP contribution in [0.2, 0.25) is 0 Å². The van der Waals surface area contributed by atoms with E-state index in [0.717, 1.165) is 22.0 Å². The molecule has 0 aliphatic rings. The lowest BCUT2D eigenvalue weighted by Gasteiger charge is -2.03. The number of carbonyl (C=O) groups is 1. The zero-order valence-corrected chi connectivity index (χ0v) is 14.9. The second-order valence-corrected chi connectivity index (χ2v) is 7.53. The molecule has 0 bridgehead atoms. The summed E-state index contributed by atoms with van der Waals surface area (Å²) in [5.74, 6) is -1.76. The van der Waals surface area contributed by atoms with Crippen LogP contribution in [0.25, 0.3) is 10.6 Å².